The molecule has 0 N–H and O–H groups in total. The molecule has 21 heavy (non-hydrogen) atoms. The first-order chi connectivity index (χ1) is 9.92. The Hall–Kier alpha value is -2.08. The van der Waals surface area contributed by atoms with Crippen LogP contribution in [0.5, 0.6) is 0 Å². The second-order valence-corrected chi connectivity index (χ2v) is 4.32. The molecule has 0 aliphatic carbocycles. The second kappa shape index (κ2) is 9.77. The van der Waals surface area contributed by atoms with Gasteiger partial charge in [-0.25, -0.2) is 12.1 Å². The number of hydrogen-bond donors (Lipinski definition) is 0. The van der Waals surface area contributed by atoms with Crippen LogP contribution in [0.25, 0.3) is 5.57 Å². The quantitative estimate of drug-likeness (QED) is 0.344. The maximum Gasteiger partial charge on any atom is 2.00 e. The fraction of sp³-hybridized carbons (Fsp3) is 0. The first-order valence-electron chi connectivity index (χ1n) is 6.68. The molecule has 0 aromatic heterocycles. The summed E-state index contributed by atoms with van der Waals surface area (Å²) in [5, 5.41) is 0. The van der Waals surface area contributed by atoms with E-state index in [4.69, 9.17) is 0 Å². The van der Waals surface area contributed by atoms with Crippen LogP contribution in [0, 0.1) is 0 Å². The third kappa shape index (κ3) is 5.43. The van der Waals surface area contributed by atoms with Crippen LogP contribution in [-0.4, -0.2) is 0 Å². The van der Waals surface area contributed by atoms with Gasteiger partial charge in [0.1, 0.15) is 0 Å². The fourth-order valence-electron chi connectivity index (χ4n) is 1.97. The van der Waals surface area contributed by atoms with Crippen LogP contribution in [0.3, 0.4) is 0 Å². The van der Waals surface area contributed by atoms with Gasteiger partial charge in [0.15, 0.2) is 0 Å². The Bertz CT molecular complexity index is 597. The Labute approximate surface area is 137 Å². The van der Waals surface area contributed by atoms with Crippen LogP contribution >= 0.6 is 0 Å². The minimum absolute atomic E-state index is 0. The Kier molecular flexibility index (Phi) is 7.89. The van der Waals surface area contributed by atoms with Crippen molar-refractivity contribution in [3.05, 3.63) is 115 Å². The summed E-state index contributed by atoms with van der Waals surface area (Å²) >= 11 is 0. The molecule has 0 atom stereocenters. The van der Waals surface area contributed by atoms with Gasteiger partial charge in [-0.3, -0.25) is 0 Å². The first kappa shape index (κ1) is 17.0. The fourth-order valence-corrected chi connectivity index (χ4v) is 1.97. The third-order valence-corrected chi connectivity index (χ3v) is 2.90. The molecule has 0 nitrogen and oxygen atoms in total. The second-order valence-electron chi connectivity index (χ2n) is 4.32. The van der Waals surface area contributed by atoms with E-state index in [1.807, 2.05) is 48.6 Å². The molecule has 106 valence electrons. The van der Waals surface area contributed by atoms with Gasteiger partial charge in [-0.1, -0.05) is 41.5 Å². The Morgan fingerprint density at radius 1 is 0.905 bits per heavy atom. The molecule has 0 aliphatic rings. The van der Waals surface area contributed by atoms with E-state index in [2.05, 4.69) is 55.1 Å². The van der Waals surface area contributed by atoms with E-state index in [0.29, 0.717) is 0 Å². The van der Waals surface area contributed by atoms with Gasteiger partial charge in [0.2, 0.25) is 0 Å². The monoisotopic (exact) mass is 314 g/mol. The van der Waals surface area contributed by atoms with Crippen molar-refractivity contribution in [1.82, 2.24) is 0 Å². The van der Waals surface area contributed by atoms with Crippen LogP contribution in [0.2, 0.25) is 0 Å². The number of benzene rings is 1. The number of hydrogen-bond acceptors (Lipinski definition) is 0. The summed E-state index contributed by atoms with van der Waals surface area (Å²) in [6, 6.07) is 28.7. The van der Waals surface area contributed by atoms with E-state index >= 15 is 0 Å². The third-order valence-electron chi connectivity index (χ3n) is 2.90. The number of allylic oxidation sites excluding steroid dienone is 2. The van der Waals surface area contributed by atoms with Gasteiger partial charge in [0.05, 0.1) is 0 Å². The standard InChI is InChI=1S/C15H13.C5H5.Fe/c1-2-8-15(14-11-6-7-12-14)13-9-4-3-5-10-13;1-2-4-5-3-1;/h2-12H,1H2;1-5H;/q2*-1;+2. The Morgan fingerprint density at radius 2 is 1.52 bits per heavy atom. The van der Waals surface area contributed by atoms with Crippen molar-refractivity contribution in [1.29, 1.82) is 0 Å². The Balaban J connectivity index is 0.000000313. The van der Waals surface area contributed by atoms with Crippen molar-refractivity contribution in [2.24, 2.45) is 0 Å². The molecule has 0 fully saturated rings. The molecule has 3 aromatic carbocycles. The molecular weight excluding hydrogens is 296 g/mol. The Morgan fingerprint density at radius 3 is 2.00 bits per heavy atom. The van der Waals surface area contributed by atoms with Crippen molar-refractivity contribution in [3.63, 3.8) is 0 Å². The SMILES string of the molecule is C=CC=C(c1ccccc1)[c-]1cccc1.[Fe+2].c1cc[cH-]c1. The minimum atomic E-state index is 0. The topological polar surface area (TPSA) is 0 Å². The van der Waals surface area contributed by atoms with Crippen LogP contribution < -0.4 is 0 Å². The summed E-state index contributed by atoms with van der Waals surface area (Å²) in [7, 11) is 0. The zero-order chi connectivity index (χ0) is 14.0. The minimum Gasteiger partial charge on any atom is -0.214 e. The zero-order valence-corrected chi connectivity index (χ0v) is 12.9. The maximum atomic E-state index is 3.76. The van der Waals surface area contributed by atoms with Gasteiger partial charge in [-0.2, -0.15) is 30.3 Å². The molecule has 1 heteroatoms. The molecule has 0 radical (unpaired) electrons. The van der Waals surface area contributed by atoms with Gasteiger partial charge in [-0.05, 0) is 0 Å². The van der Waals surface area contributed by atoms with E-state index in [1.165, 1.54) is 16.7 Å². The summed E-state index contributed by atoms with van der Waals surface area (Å²) in [6.45, 7) is 3.76. The zero-order valence-electron chi connectivity index (χ0n) is 11.8. The van der Waals surface area contributed by atoms with E-state index in [1.54, 1.807) is 0 Å². The number of rotatable bonds is 3. The van der Waals surface area contributed by atoms with Crippen molar-refractivity contribution in [2.45, 2.75) is 0 Å². The van der Waals surface area contributed by atoms with Crippen LogP contribution in [0.15, 0.2) is 104 Å². The summed E-state index contributed by atoms with van der Waals surface area (Å²) in [6.07, 6.45) is 3.88. The predicted molar refractivity (Wildman–Crippen MR) is 87.8 cm³/mol. The molecule has 0 aliphatic heterocycles. The van der Waals surface area contributed by atoms with Crippen molar-refractivity contribution < 1.29 is 17.1 Å². The van der Waals surface area contributed by atoms with Gasteiger partial charge in [-0.15, -0.1) is 36.4 Å². The van der Waals surface area contributed by atoms with Crippen LogP contribution in [-0.2, 0) is 17.1 Å². The maximum absolute atomic E-state index is 3.76. The normalized spacial score (nSPS) is 10.0. The average Bonchev–Trinajstić information content (AvgIpc) is 3.21. The summed E-state index contributed by atoms with van der Waals surface area (Å²) in [5.74, 6) is 0. The van der Waals surface area contributed by atoms with E-state index in [-0.39, 0.29) is 17.1 Å². The summed E-state index contributed by atoms with van der Waals surface area (Å²) in [4.78, 5) is 0. The molecule has 0 saturated carbocycles. The van der Waals surface area contributed by atoms with E-state index in [9.17, 15) is 0 Å². The molecule has 0 saturated heterocycles. The molecule has 3 aromatic rings. The largest absolute Gasteiger partial charge is 2.00 e. The average molecular weight is 314 g/mol. The smallest absolute Gasteiger partial charge is 0.214 e. The molecular formula is C20H18Fe. The van der Waals surface area contributed by atoms with Gasteiger partial charge >= 0.3 is 17.1 Å². The summed E-state index contributed by atoms with van der Waals surface area (Å²) in [5.41, 5.74) is 3.68. The molecule has 0 bridgehead atoms. The van der Waals surface area contributed by atoms with Crippen molar-refractivity contribution >= 4 is 5.57 Å². The summed E-state index contributed by atoms with van der Waals surface area (Å²) < 4.78 is 0. The van der Waals surface area contributed by atoms with Crippen molar-refractivity contribution in [2.75, 3.05) is 0 Å². The first-order valence-corrected chi connectivity index (χ1v) is 6.68. The van der Waals surface area contributed by atoms with Crippen LogP contribution in [0.1, 0.15) is 11.1 Å². The molecule has 3 rings (SSSR count). The van der Waals surface area contributed by atoms with Gasteiger partial charge in [0, 0.05) is 0 Å². The molecule has 0 unspecified atom stereocenters. The predicted octanol–water partition coefficient (Wildman–Crippen LogP) is 5.43. The van der Waals surface area contributed by atoms with E-state index < -0.39 is 0 Å². The van der Waals surface area contributed by atoms with Crippen molar-refractivity contribution in [3.8, 4) is 0 Å². The van der Waals surface area contributed by atoms with E-state index in [0.717, 1.165) is 0 Å². The molecule has 0 amide bonds. The molecule has 0 heterocycles. The van der Waals surface area contributed by atoms with Gasteiger partial charge in [0.25, 0.3) is 0 Å². The van der Waals surface area contributed by atoms with Gasteiger partial charge < -0.3 is 0 Å². The van der Waals surface area contributed by atoms with Crippen LogP contribution in [0.4, 0.5) is 0 Å². The molecule has 0 spiro atoms.